The standard InChI is InChI=1S/C41H54N6O6S2.C20H6.C6H7BO2.CH3F/c1-25(2)47-32-17-11-15-29(36-43-31(24-54-36)26-12-9-10-13-26)35(32)44-39(47)53-28-20-33-34(48)22-41(38(50)45-55(51,52)40(3)18-19-40)21-27(41)14-7-5-4-6-8-16-30(42)37(49)46(33)23-28;1-3-5-7-9-11-13-15-17-19-20-18-16-14-12-10-8-6-4-2;8-7(9)6-4-2-1-3-5-6;1-2/h7,11,14-15,17,24-28,30,33H,4-6,8-10,12-13,16,18-23,42H2,1-3H3,(H,45,50);1-2H3;1-5,8-9H;1H3/b14-7-;;;/t27-,28-,30+,33+,41-;;;/m1.../s1. The Hall–Kier alpha value is -8.45. The number of imidazole rings is 1. The summed E-state index contributed by atoms with van der Waals surface area (Å²) in [7, 11) is -4.74. The summed E-state index contributed by atoms with van der Waals surface area (Å²) in [6.45, 7) is 9.33. The molecule has 442 valence electrons. The van der Waals surface area contributed by atoms with Gasteiger partial charge in [0.25, 0.3) is 6.01 Å². The lowest BCUT2D eigenvalue weighted by Gasteiger charge is -2.27. The summed E-state index contributed by atoms with van der Waals surface area (Å²) < 4.78 is 46.0. The molecule has 4 aromatic rings. The van der Waals surface area contributed by atoms with Crippen LogP contribution in [-0.2, 0) is 24.4 Å². The fraction of sp³-hybridized carbons (Fsp3) is 0.426. The Labute approximate surface area is 511 Å². The number of amides is 2. The van der Waals surface area contributed by atoms with Crippen LogP contribution in [0.5, 0.6) is 6.01 Å². The smallest absolute Gasteiger partial charge is 0.459 e. The number of nitrogens with zero attached hydrogens (tertiary/aromatic N) is 4. The zero-order valence-electron chi connectivity index (χ0n) is 49.4. The minimum atomic E-state index is -3.90. The number of nitrogens with two attached hydrogens (primary N) is 1. The van der Waals surface area contributed by atoms with Crippen molar-refractivity contribution in [2.75, 3.05) is 13.7 Å². The summed E-state index contributed by atoms with van der Waals surface area (Å²) in [5, 5.41) is 20.3. The normalized spacial score (nSPS) is 20.8. The number of allylic oxidation sites excluding steroid dienone is 2. The van der Waals surface area contributed by atoms with Crippen LogP contribution in [0.2, 0.25) is 0 Å². The molecule has 5 N–H and O–H groups in total. The van der Waals surface area contributed by atoms with E-state index in [-0.39, 0.29) is 43.0 Å². The number of ketones is 1. The van der Waals surface area contributed by atoms with Crippen LogP contribution >= 0.6 is 11.3 Å². The summed E-state index contributed by atoms with van der Waals surface area (Å²) in [4.78, 5) is 54.0. The van der Waals surface area contributed by atoms with Crippen molar-refractivity contribution >= 4 is 62.6 Å². The Morgan fingerprint density at radius 2 is 1.40 bits per heavy atom. The van der Waals surface area contributed by atoms with Crippen LogP contribution in [0.3, 0.4) is 0 Å². The van der Waals surface area contributed by atoms with Crippen molar-refractivity contribution in [3.05, 3.63) is 71.8 Å². The maximum Gasteiger partial charge on any atom is 0.488 e. The number of nitrogens with one attached hydrogen (secondary N) is 1. The third-order valence-corrected chi connectivity index (χ3v) is 18.2. The van der Waals surface area contributed by atoms with Gasteiger partial charge in [0.05, 0.1) is 47.2 Å². The van der Waals surface area contributed by atoms with E-state index >= 15 is 0 Å². The number of aromatic nitrogens is 3. The molecule has 1 saturated heterocycles. The highest BCUT2D eigenvalue weighted by Gasteiger charge is 2.62. The van der Waals surface area contributed by atoms with Crippen LogP contribution in [0.25, 0.3) is 21.6 Å². The van der Waals surface area contributed by atoms with Crippen LogP contribution in [0.1, 0.15) is 142 Å². The summed E-state index contributed by atoms with van der Waals surface area (Å²) >= 11 is 1.64. The molecular weight excluding hydrogens is 1120 g/mol. The Morgan fingerprint density at radius 1 is 0.814 bits per heavy atom. The predicted molar refractivity (Wildman–Crippen MR) is 337 cm³/mol. The van der Waals surface area contributed by atoms with Crippen LogP contribution in [0.15, 0.2) is 66.1 Å². The number of Topliss-reactive ketones (excluding diaryl/α,β-unsaturated/α-hetero) is 1. The molecule has 2 aliphatic heterocycles. The van der Waals surface area contributed by atoms with Gasteiger partial charge in [-0.2, -0.15) is 4.98 Å². The van der Waals surface area contributed by atoms with Gasteiger partial charge in [-0.15, -0.1) is 11.3 Å². The van der Waals surface area contributed by atoms with E-state index in [9.17, 15) is 27.2 Å². The van der Waals surface area contributed by atoms with Crippen LogP contribution in [-0.4, -0.2) is 99.3 Å². The predicted octanol–water partition coefficient (Wildman–Crippen LogP) is 7.57. The number of carbonyl (C=O) groups is 3. The lowest BCUT2D eigenvalue weighted by Crippen LogP contribution is -2.50. The van der Waals surface area contributed by atoms with E-state index in [4.69, 9.17) is 30.5 Å². The zero-order chi connectivity index (χ0) is 62.1. The molecule has 5 atom stereocenters. The second-order valence-electron chi connectivity index (χ2n) is 21.5. The number of hydrogen-bond acceptors (Lipinski definition) is 12. The Balaban J connectivity index is 0.000000314. The number of fused-ring (bicyclic) bond motifs is 3. The van der Waals surface area contributed by atoms with Crippen molar-refractivity contribution in [3.8, 4) is 123 Å². The monoisotopic (exact) mass is 1190 g/mol. The highest BCUT2D eigenvalue weighted by Crippen LogP contribution is 2.58. The molecule has 5 aliphatic rings. The van der Waals surface area contributed by atoms with Gasteiger partial charge in [0, 0.05) is 35.7 Å². The quantitative estimate of drug-likeness (QED) is 0.0731. The number of thiazole rings is 1. The third kappa shape index (κ3) is 18.3. The molecule has 18 heteroatoms. The van der Waals surface area contributed by atoms with Crippen molar-refractivity contribution in [2.45, 2.75) is 159 Å². The second kappa shape index (κ2) is 32.7. The third-order valence-electron chi connectivity index (χ3n) is 15.2. The second-order valence-corrected chi connectivity index (χ2v) is 24.6. The molecule has 14 nitrogen and oxygen atoms in total. The average molecular weight is 1190 g/mol. The SMILES string of the molecule is CC#CC#CC#CC#CC#CC#CC#CC#CC#CC.CC(C)n1c(O[C@@H]2C[C@H]3C(=O)C[C@]4(C(=O)NS(=O)(=O)C5(C)CC5)C[C@H]4/C=C\CCCCC[C@H](N)C(=O)N3C2)nc2c(-c3nc(C4CCCC4)cs3)cccc21.CF.OB(O)c1ccccc1. The molecule has 3 aliphatic carbocycles. The number of hydrogen-bond donors (Lipinski definition) is 4. The molecule has 0 spiro atoms. The lowest BCUT2D eigenvalue weighted by molar-refractivity contribution is -0.140. The highest BCUT2D eigenvalue weighted by atomic mass is 32.2. The van der Waals surface area contributed by atoms with Gasteiger partial charge in [0.15, 0.2) is 5.78 Å². The number of sulfonamides is 1. The molecule has 2 amide bonds. The fourth-order valence-corrected chi connectivity index (χ4v) is 12.4. The van der Waals surface area contributed by atoms with Gasteiger partial charge in [0.2, 0.25) is 21.8 Å². The van der Waals surface area contributed by atoms with Crippen molar-refractivity contribution in [2.24, 2.45) is 17.1 Å². The Bertz CT molecular complexity index is 3770. The number of para-hydroxylation sites is 1. The molecule has 0 bridgehead atoms. The van der Waals surface area contributed by atoms with Crippen LogP contribution in [0, 0.1) is 118 Å². The maximum atomic E-state index is 14.4. The highest BCUT2D eigenvalue weighted by molar-refractivity contribution is 7.91. The molecule has 2 aromatic carbocycles. The minimum Gasteiger partial charge on any atom is -0.459 e. The van der Waals surface area contributed by atoms with E-state index in [0.29, 0.717) is 50.3 Å². The number of rotatable bonds is 9. The molecule has 2 aromatic heterocycles. The van der Waals surface area contributed by atoms with E-state index < -0.39 is 51.4 Å². The number of alkyl halides is 1. The topological polar surface area (TPSA) is 207 Å². The van der Waals surface area contributed by atoms with E-state index in [0.717, 1.165) is 53.0 Å². The molecule has 0 radical (unpaired) electrons. The summed E-state index contributed by atoms with van der Waals surface area (Å²) in [6.07, 6.45) is 13.5. The lowest BCUT2D eigenvalue weighted by atomic mass is 9.81. The first-order valence-corrected chi connectivity index (χ1v) is 31.0. The number of carbonyl (C=O) groups excluding carboxylic acids is 3. The van der Waals surface area contributed by atoms with Gasteiger partial charge < -0.3 is 25.4 Å². The summed E-state index contributed by atoms with van der Waals surface area (Å²) in [5.41, 5.74) is 9.63. The van der Waals surface area contributed by atoms with E-state index in [1.165, 1.54) is 25.7 Å². The molecular formula is C68H70BFN6O8S2. The van der Waals surface area contributed by atoms with E-state index in [1.807, 2.05) is 30.4 Å². The largest absolute Gasteiger partial charge is 0.488 e. The Kier molecular flexibility index (Phi) is 25.4. The van der Waals surface area contributed by atoms with Crippen LogP contribution in [0.4, 0.5) is 4.39 Å². The average Bonchev–Trinajstić information content (AvgIpc) is 1.63. The minimum absolute atomic E-state index is 0.00320. The molecule has 9 rings (SSSR count). The van der Waals surface area contributed by atoms with Gasteiger partial charge in [-0.05, 0) is 204 Å². The van der Waals surface area contributed by atoms with Gasteiger partial charge in [-0.1, -0.05) is 86.1 Å². The van der Waals surface area contributed by atoms with E-state index in [2.05, 4.69) is 141 Å². The number of halogens is 1. The Morgan fingerprint density at radius 3 is 1.94 bits per heavy atom. The van der Waals surface area contributed by atoms with Crippen LogP contribution < -0.4 is 20.7 Å². The van der Waals surface area contributed by atoms with Gasteiger partial charge in [-0.25, -0.2) is 13.4 Å². The summed E-state index contributed by atoms with van der Waals surface area (Å²) in [6, 6.07) is 13.5. The maximum absolute atomic E-state index is 14.4. The first kappa shape index (κ1) is 66.7. The van der Waals surface area contributed by atoms with Crippen molar-refractivity contribution in [3.63, 3.8) is 0 Å². The molecule has 3 saturated carbocycles. The zero-order valence-corrected chi connectivity index (χ0v) is 51.0. The molecule has 4 fully saturated rings. The molecule has 4 heterocycles. The van der Waals surface area contributed by atoms with Gasteiger partial charge >= 0.3 is 7.12 Å². The number of benzene rings is 2. The molecule has 0 unspecified atom stereocenters. The number of ether oxygens (including phenoxy) is 1. The fourth-order valence-electron chi connectivity index (χ4n) is 10.2. The molecule has 86 heavy (non-hydrogen) atoms. The first-order valence-electron chi connectivity index (χ1n) is 28.6. The van der Waals surface area contributed by atoms with Crippen molar-refractivity contribution in [1.29, 1.82) is 0 Å². The van der Waals surface area contributed by atoms with E-state index in [1.54, 1.807) is 61.3 Å². The first-order chi connectivity index (χ1) is 41.5. The van der Waals surface area contributed by atoms with Gasteiger partial charge in [-0.3, -0.25) is 28.1 Å². The summed E-state index contributed by atoms with van der Waals surface area (Å²) in [5.74, 6) is 44.6. The van der Waals surface area contributed by atoms with Crippen molar-refractivity contribution < 1.29 is 42.0 Å². The van der Waals surface area contributed by atoms with Gasteiger partial charge in [0.1, 0.15) is 16.6 Å². The van der Waals surface area contributed by atoms with Crippen molar-refractivity contribution in [1.82, 2.24) is 24.2 Å².